The Kier molecular flexibility index (Phi) is 8.95. The van der Waals surface area contributed by atoms with Crippen molar-refractivity contribution in [1.29, 1.82) is 0 Å². The summed E-state index contributed by atoms with van der Waals surface area (Å²) in [5.41, 5.74) is 5.21. The number of anilines is 1. The standard InChI is InChI=1S/C35H44N8O3/c1-22(2)40(5)35(45)28-14-27(46-6)7-8-30(28)43-21-25(33-23(3)15-37-17-31(33)43)13-24-19-42(20-24)26-9-11-41(12-10-26)32-18-38-16-29(39-32)34(44)36-4/h7-8,14-18,21-22,24,26H,9-13,19-20H2,1-6H3,(H,36,44). The van der Waals surface area contributed by atoms with Crippen LogP contribution in [0.4, 0.5) is 5.82 Å². The van der Waals surface area contributed by atoms with Crippen LogP contribution in [0.2, 0.25) is 0 Å². The lowest BCUT2D eigenvalue weighted by Gasteiger charge is -2.47. The Balaban J connectivity index is 1.17. The minimum absolute atomic E-state index is 0.0419. The first kappa shape index (κ1) is 31.5. The number of hydrogen-bond acceptors (Lipinski definition) is 8. The summed E-state index contributed by atoms with van der Waals surface area (Å²) in [5, 5.41) is 3.84. The molecule has 1 aromatic carbocycles. The predicted molar refractivity (Wildman–Crippen MR) is 179 cm³/mol. The molecule has 0 unspecified atom stereocenters. The third kappa shape index (κ3) is 6.03. The number of likely N-dealkylation sites (tertiary alicyclic amines) is 1. The first-order valence-corrected chi connectivity index (χ1v) is 16.1. The van der Waals surface area contributed by atoms with Crippen LogP contribution >= 0.6 is 0 Å². The molecule has 2 aliphatic heterocycles. The molecule has 0 radical (unpaired) electrons. The molecule has 0 aliphatic carbocycles. The number of ether oxygens (including phenoxy) is 1. The zero-order valence-electron chi connectivity index (χ0n) is 27.7. The van der Waals surface area contributed by atoms with Crippen LogP contribution in [0.25, 0.3) is 16.6 Å². The number of pyridine rings is 1. The number of aromatic nitrogens is 4. The molecule has 2 aliphatic rings. The molecule has 6 rings (SSSR count). The molecule has 0 bridgehead atoms. The summed E-state index contributed by atoms with van der Waals surface area (Å²) in [7, 11) is 5.07. The third-order valence-corrected chi connectivity index (χ3v) is 9.65. The molecule has 11 nitrogen and oxygen atoms in total. The van der Waals surface area contributed by atoms with E-state index in [1.165, 1.54) is 17.1 Å². The minimum atomic E-state index is -0.220. The van der Waals surface area contributed by atoms with E-state index < -0.39 is 0 Å². The smallest absolute Gasteiger partial charge is 0.271 e. The van der Waals surface area contributed by atoms with Crippen LogP contribution in [0.15, 0.2) is 49.2 Å². The molecule has 0 spiro atoms. The summed E-state index contributed by atoms with van der Waals surface area (Å²) in [6, 6.07) is 6.34. The number of hydrogen-bond donors (Lipinski definition) is 1. The SMILES string of the molecule is CNC(=O)c1cncc(N2CCC(N3CC(Cc4cn(-c5ccc(OC)cc5C(=O)N(C)C(C)C)c5cncc(C)c45)C3)CC2)n1. The highest BCUT2D eigenvalue weighted by atomic mass is 16.5. The molecule has 2 fully saturated rings. The molecule has 242 valence electrons. The topological polar surface area (TPSA) is 109 Å². The zero-order valence-corrected chi connectivity index (χ0v) is 27.7. The number of carbonyl (C=O) groups is 2. The van der Waals surface area contributed by atoms with Crippen molar-refractivity contribution < 1.29 is 14.3 Å². The molecule has 46 heavy (non-hydrogen) atoms. The number of amides is 2. The van der Waals surface area contributed by atoms with Gasteiger partial charge in [0, 0.05) is 70.1 Å². The molecule has 4 aromatic rings. The second-order valence-corrected chi connectivity index (χ2v) is 12.9. The van der Waals surface area contributed by atoms with Crippen LogP contribution in [-0.2, 0) is 6.42 Å². The van der Waals surface area contributed by atoms with Gasteiger partial charge in [-0.15, -0.1) is 0 Å². The quantitative estimate of drug-likeness (QED) is 0.297. The summed E-state index contributed by atoms with van der Waals surface area (Å²) in [6.07, 6.45) is 12.4. The Hall–Kier alpha value is -4.51. The van der Waals surface area contributed by atoms with Crippen LogP contribution in [-0.4, -0.2) is 101 Å². The monoisotopic (exact) mass is 624 g/mol. The van der Waals surface area contributed by atoms with Crippen molar-refractivity contribution in [2.45, 2.75) is 52.1 Å². The lowest BCUT2D eigenvalue weighted by Crippen LogP contribution is -2.55. The summed E-state index contributed by atoms with van der Waals surface area (Å²) in [4.78, 5) is 45.6. The maximum atomic E-state index is 13.6. The van der Waals surface area contributed by atoms with Crippen molar-refractivity contribution in [2.24, 2.45) is 5.92 Å². The summed E-state index contributed by atoms with van der Waals surface area (Å²) < 4.78 is 7.65. The average Bonchev–Trinajstić information content (AvgIpc) is 3.44. The number of fused-ring (bicyclic) bond motifs is 1. The Bertz CT molecular complexity index is 1740. The van der Waals surface area contributed by atoms with E-state index in [9.17, 15) is 9.59 Å². The van der Waals surface area contributed by atoms with Crippen LogP contribution in [0.1, 0.15) is 58.7 Å². The molecule has 11 heteroatoms. The van der Waals surface area contributed by atoms with Crippen LogP contribution < -0.4 is 15.0 Å². The van der Waals surface area contributed by atoms with Gasteiger partial charge in [0.1, 0.15) is 17.3 Å². The van der Waals surface area contributed by atoms with Gasteiger partial charge >= 0.3 is 0 Å². The number of aryl methyl sites for hydroxylation is 1. The van der Waals surface area contributed by atoms with Crippen molar-refractivity contribution in [2.75, 3.05) is 52.3 Å². The predicted octanol–water partition coefficient (Wildman–Crippen LogP) is 4.12. The van der Waals surface area contributed by atoms with E-state index in [1.54, 1.807) is 25.3 Å². The van der Waals surface area contributed by atoms with Crippen LogP contribution in [0, 0.1) is 12.8 Å². The van der Waals surface area contributed by atoms with Gasteiger partial charge in [-0.1, -0.05) is 0 Å². The van der Waals surface area contributed by atoms with Gasteiger partial charge in [-0.25, -0.2) is 4.98 Å². The summed E-state index contributed by atoms with van der Waals surface area (Å²) in [5.74, 6) is 1.71. The molecular formula is C35H44N8O3. The molecule has 3 aromatic heterocycles. The zero-order chi connectivity index (χ0) is 32.5. The number of benzene rings is 1. The van der Waals surface area contributed by atoms with E-state index in [0.717, 1.165) is 68.0 Å². The fourth-order valence-corrected chi connectivity index (χ4v) is 6.80. The molecular weight excluding hydrogens is 580 g/mol. The number of nitrogens with zero attached hydrogens (tertiary/aromatic N) is 7. The molecule has 1 N–H and O–H groups in total. The Morgan fingerprint density at radius 2 is 1.83 bits per heavy atom. The van der Waals surface area contributed by atoms with Gasteiger partial charge in [0.25, 0.3) is 11.8 Å². The van der Waals surface area contributed by atoms with Crippen molar-refractivity contribution >= 4 is 28.5 Å². The van der Waals surface area contributed by atoms with Crippen LogP contribution in [0.5, 0.6) is 5.75 Å². The van der Waals surface area contributed by atoms with E-state index in [2.05, 4.69) is 47.8 Å². The first-order valence-electron chi connectivity index (χ1n) is 16.1. The van der Waals surface area contributed by atoms with Crippen molar-refractivity contribution in [3.63, 3.8) is 0 Å². The highest BCUT2D eigenvalue weighted by Crippen LogP contribution is 2.34. The maximum Gasteiger partial charge on any atom is 0.271 e. The van der Waals surface area contributed by atoms with Gasteiger partial charge in [-0.05, 0) is 75.3 Å². The average molecular weight is 625 g/mol. The normalized spacial score (nSPS) is 16.1. The van der Waals surface area contributed by atoms with Crippen molar-refractivity contribution in [1.82, 2.24) is 34.6 Å². The number of rotatable bonds is 9. The minimum Gasteiger partial charge on any atom is -0.497 e. The third-order valence-electron chi connectivity index (χ3n) is 9.65. The van der Waals surface area contributed by atoms with Gasteiger partial charge in [0.2, 0.25) is 0 Å². The molecule has 0 atom stereocenters. The van der Waals surface area contributed by atoms with Gasteiger partial charge in [0.15, 0.2) is 0 Å². The molecule has 2 saturated heterocycles. The fourth-order valence-electron chi connectivity index (χ4n) is 6.80. The molecule has 5 heterocycles. The number of carbonyl (C=O) groups excluding carboxylic acids is 2. The summed E-state index contributed by atoms with van der Waals surface area (Å²) in [6.45, 7) is 10.1. The highest BCUT2D eigenvalue weighted by Gasteiger charge is 2.35. The van der Waals surface area contributed by atoms with Gasteiger partial charge in [-0.2, -0.15) is 0 Å². The Morgan fingerprint density at radius 3 is 2.52 bits per heavy atom. The second kappa shape index (κ2) is 13.1. The first-order chi connectivity index (χ1) is 22.2. The van der Waals surface area contributed by atoms with E-state index in [4.69, 9.17) is 4.74 Å². The lowest BCUT2D eigenvalue weighted by atomic mass is 9.88. The van der Waals surface area contributed by atoms with E-state index >= 15 is 0 Å². The largest absolute Gasteiger partial charge is 0.497 e. The highest BCUT2D eigenvalue weighted by molar-refractivity contribution is 5.99. The van der Waals surface area contributed by atoms with E-state index in [1.807, 2.05) is 51.5 Å². The maximum absolute atomic E-state index is 13.6. The molecule has 2 amide bonds. The van der Waals surface area contributed by atoms with Gasteiger partial charge in [0.05, 0.1) is 42.5 Å². The number of piperidine rings is 1. The number of nitrogens with one attached hydrogen (secondary N) is 1. The lowest BCUT2D eigenvalue weighted by molar-refractivity contribution is 0.0415. The van der Waals surface area contributed by atoms with Gasteiger partial charge in [-0.3, -0.25) is 24.5 Å². The molecule has 0 saturated carbocycles. The Morgan fingerprint density at radius 1 is 1.09 bits per heavy atom. The van der Waals surface area contributed by atoms with Crippen LogP contribution in [0.3, 0.4) is 0 Å². The van der Waals surface area contributed by atoms with Crippen molar-refractivity contribution in [3.05, 3.63) is 71.6 Å². The van der Waals surface area contributed by atoms with Gasteiger partial charge < -0.3 is 24.4 Å². The Labute approximate surface area is 270 Å². The summed E-state index contributed by atoms with van der Waals surface area (Å²) >= 11 is 0. The number of methoxy groups -OCH3 is 1. The van der Waals surface area contributed by atoms with Crippen molar-refractivity contribution in [3.8, 4) is 11.4 Å². The second-order valence-electron chi connectivity index (χ2n) is 12.9. The van der Waals surface area contributed by atoms with E-state index in [-0.39, 0.29) is 17.9 Å². The fraction of sp³-hybridized carbons (Fsp3) is 0.457. The van der Waals surface area contributed by atoms with E-state index in [0.29, 0.717) is 29.0 Å².